The molecule has 6 nitrogen and oxygen atoms in total. The molecule has 3 aromatic rings. The third-order valence-electron chi connectivity index (χ3n) is 5.95. The van der Waals surface area contributed by atoms with Crippen molar-refractivity contribution in [3.05, 3.63) is 83.2 Å². The van der Waals surface area contributed by atoms with Crippen molar-refractivity contribution in [1.82, 2.24) is 9.80 Å². The number of hydrogen-bond donors (Lipinski definition) is 0. The first-order chi connectivity index (χ1) is 16.0. The number of benzene rings is 3. The molecule has 2 aliphatic rings. The summed E-state index contributed by atoms with van der Waals surface area (Å²) in [5.41, 5.74) is 3.22. The van der Waals surface area contributed by atoms with E-state index in [9.17, 15) is 9.18 Å². The first kappa shape index (κ1) is 21.0. The van der Waals surface area contributed by atoms with Gasteiger partial charge in [0.1, 0.15) is 28.8 Å². The van der Waals surface area contributed by atoms with Crippen molar-refractivity contribution in [1.29, 1.82) is 0 Å². The molecular weight excluding hydrogens is 421 g/mol. The fourth-order valence-electron chi connectivity index (χ4n) is 4.12. The number of fused-ring (bicyclic) bond motifs is 2. The monoisotopic (exact) mass is 445 g/mol. The summed E-state index contributed by atoms with van der Waals surface area (Å²) in [6.07, 6.45) is 0. The minimum absolute atomic E-state index is 0.0910. The number of rotatable bonds is 2. The molecule has 0 N–H and O–H groups in total. The zero-order chi connectivity index (χ0) is 22.9. The van der Waals surface area contributed by atoms with Gasteiger partial charge in [-0.2, -0.15) is 0 Å². The number of carbonyl (C=O) groups excluding carboxylic acids is 1. The minimum atomic E-state index is -0.351. The van der Waals surface area contributed by atoms with Crippen LogP contribution in [0.5, 0.6) is 17.2 Å². The summed E-state index contributed by atoms with van der Waals surface area (Å²) in [6, 6.07) is 17.4. The van der Waals surface area contributed by atoms with E-state index in [0.717, 1.165) is 22.6 Å². The quantitative estimate of drug-likeness (QED) is 0.570. The lowest BCUT2D eigenvalue weighted by Crippen LogP contribution is -2.50. The highest BCUT2D eigenvalue weighted by Gasteiger charge is 2.28. The van der Waals surface area contributed by atoms with Gasteiger partial charge in [0.2, 0.25) is 0 Å². The van der Waals surface area contributed by atoms with Gasteiger partial charge in [-0.3, -0.25) is 4.79 Å². The molecule has 2 aliphatic heterocycles. The number of halogens is 1. The molecule has 0 saturated carbocycles. The highest BCUT2D eigenvalue weighted by Crippen LogP contribution is 2.40. The smallest absolute Gasteiger partial charge is 0.253 e. The highest BCUT2D eigenvalue weighted by atomic mass is 19.1. The summed E-state index contributed by atoms with van der Waals surface area (Å²) in [7, 11) is 1.63. The predicted molar refractivity (Wildman–Crippen MR) is 124 cm³/mol. The van der Waals surface area contributed by atoms with Crippen LogP contribution < -0.4 is 9.47 Å². The van der Waals surface area contributed by atoms with Crippen LogP contribution in [0.3, 0.4) is 0 Å². The maximum Gasteiger partial charge on any atom is 0.253 e. The van der Waals surface area contributed by atoms with E-state index < -0.39 is 0 Å². The Labute approximate surface area is 191 Å². The molecule has 168 valence electrons. The van der Waals surface area contributed by atoms with Crippen LogP contribution in [0.4, 0.5) is 10.1 Å². The Morgan fingerprint density at radius 1 is 0.970 bits per heavy atom. The average molecular weight is 445 g/mol. The van der Waals surface area contributed by atoms with Gasteiger partial charge in [0.25, 0.3) is 5.91 Å². The SMILES string of the molecule is COc1ccc2c(c1)Oc1cc(C)ccc1N=C2N1CCN(C(=O)c2ccc(F)cc2)CC1. The van der Waals surface area contributed by atoms with Gasteiger partial charge in [-0.1, -0.05) is 6.07 Å². The van der Waals surface area contributed by atoms with Gasteiger partial charge in [-0.05, 0) is 61.0 Å². The topological polar surface area (TPSA) is 54.4 Å². The Balaban J connectivity index is 1.43. The number of ether oxygens (including phenoxy) is 2. The molecule has 2 heterocycles. The van der Waals surface area contributed by atoms with Gasteiger partial charge in [0, 0.05) is 37.8 Å². The normalized spacial score (nSPS) is 15.1. The van der Waals surface area contributed by atoms with E-state index in [1.54, 1.807) is 12.0 Å². The molecule has 0 aromatic heterocycles. The van der Waals surface area contributed by atoms with Crippen molar-refractivity contribution in [2.45, 2.75) is 6.92 Å². The van der Waals surface area contributed by atoms with Crippen molar-refractivity contribution in [2.75, 3.05) is 33.3 Å². The van der Waals surface area contributed by atoms with Gasteiger partial charge in [-0.15, -0.1) is 0 Å². The average Bonchev–Trinajstić information content (AvgIpc) is 3.00. The molecule has 1 amide bonds. The van der Waals surface area contributed by atoms with Crippen LogP contribution in [0.15, 0.2) is 65.7 Å². The van der Waals surface area contributed by atoms with Crippen LogP contribution in [-0.4, -0.2) is 54.8 Å². The zero-order valence-corrected chi connectivity index (χ0v) is 18.5. The maximum absolute atomic E-state index is 13.2. The summed E-state index contributed by atoms with van der Waals surface area (Å²) in [4.78, 5) is 21.8. The van der Waals surface area contributed by atoms with E-state index >= 15 is 0 Å². The van der Waals surface area contributed by atoms with E-state index in [1.807, 2.05) is 43.3 Å². The Kier molecular flexibility index (Phi) is 5.46. The van der Waals surface area contributed by atoms with Gasteiger partial charge >= 0.3 is 0 Å². The fraction of sp³-hybridized carbons (Fsp3) is 0.231. The standard InChI is InChI=1S/C26H24FN3O3/c1-17-3-10-22-24(15-17)33-23-16-20(32-2)8-9-21(23)25(28-22)29-11-13-30(14-12-29)26(31)18-4-6-19(27)7-5-18/h3-10,15-16H,11-14H2,1-2H3. The Bertz CT molecular complexity index is 1230. The number of amidine groups is 1. The summed E-state index contributed by atoms with van der Waals surface area (Å²) >= 11 is 0. The van der Waals surface area contributed by atoms with Crippen LogP contribution in [0.2, 0.25) is 0 Å². The molecule has 1 fully saturated rings. The van der Waals surface area contributed by atoms with Crippen LogP contribution in [0.1, 0.15) is 21.5 Å². The fourth-order valence-corrected chi connectivity index (χ4v) is 4.12. The molecule has 0 aliphatic carbocycles. The third-order valence-corrected chi connectivity index (χ3v) is 5.95. The summed E-state index contributed by atoms with van der Waals surface area (Å²) in [5, 5.41) is 0. The van der Waals surface area contributed by atoms with E-state index in [-0.39, 0.29) is 11.7 Å². The lowest BCUT2D eigenvalue weighted by Gasteiger charge is -2.36. The summed E-state index contributed by atoms with van der Waals surface area (Å²) < 4.78 is 24.9. The Morgan fingerprint density at radius 3 is 2.45 bits per heavy atom. The number of aryl methyl sites for hydroxylation is 1. The number of amides is 1. The second kappa shape index (κ2) is 8.58. The lowest BCUT2D eigenvalue weighted by molar-refractivity contribution is 0.0692. The van der Waals surface area contributed by atoms with Gasteiger partial charge < -0.3 is 19.3 Å². The summed E-state index contributed by atoms with van der Waals surface area (Å²) in [6.45, 7) is 4.35. The zero-order valence-electron chi connectivity index (χ0n) is 18.5. The second-order valence-corrected chi connectivity index (χ2v) is 8.16. The lowest BCUT2D eigenvalue weighted by atomic mass is 10.1. The molecule has 5 rings (SSSR count). The maximum atomic E-state index is 13.2. The minimum Gasteiger partial charge on any atom is -0.497 e. The molecule has 1 saturated heterocycles. The van der Waals surface area contributed by atoms with Crippen molar-refractivity contribution in [3.63, 3.8) is 0 Å². The molecule has 7 heteroatoms. The number of nitrogens with zero attached hydrogens (tertiary/aromatic N) is 3. The van der Waals surface area contributed by atoms with Gasteiger partial charge in [-0.25, -0.2) is 9.38 Å². The van der Waals surface area contributed by atoms with Crippen molar-refractivity contribution < 1.29 is 18.7 Å². The molecular formula is C26H24FN3O3. The van der Waals surface area contributed by atoms with Crippen molar-refractivity contribution in [3.8, 4) is 17.2 Å². The Hall–Kier alpha value is -3.87. The van der Waals surface area contributed by atoms with E-state index in [4.69, 9.17) is 14.5 Å². The molecule has 0 spiro atoms. The Morgan fingerprint density at radius 2 is 1.73 bits per heavy atom. The molecule has 0 atom stereocenters. The van der Waals surface area contributed by atoms with Crippen LogP contribution in [0.25, 0.3) is 0 Å². The molecule has 3 aromatic carbocycles. The number of hydrogen-bond acceptors (Lipinski definition) is 5. The molecule has 0 unspecified atom stereocenters. The first-order valence-corrected chi connectivity index (χ1v) is 10.9. The van der Waals surface area contributed by atoms with E-state index in [2.05, 4.69) is 4.90 Å². The second-order valence-electron chi connectivity index (χ2n) is 8.16. The van der Waals surface area contributed by atoms with E-state index in [1.165, 1.54) is 24.3 Å². The first-order valence-electron chi connectivity index (χ1n) is 10.9. The molecule has 0 bridgehead atoms. The van der Waals surface area contributed by atoms with Gasteiger partial charge in [0.15, 0.2) is 5.75 Å². The molecule has 0 radical (unpaired) electrons. The number of methoxy groups -OCH3 is 1. The third kappa shape index (κ3) is 4.14. The van der Waals surface area contributed by atoms with E-state index in [0.29, 0.717) is 49.0 Å². The number of aliphatic imine (C=N–C) groups is 1. The number of carbonyl (C=O) groups is 1. The van der Waals surface area contributed by atoms with Crippen molar-refractivity contribution >= 4 is 17.4 Å². The van der Waals surface area contributed by atoms with Crippen LogP contribution in [0, 0.1) is 12.7 Å². The highest BCUT2D eigenvalue weighted by molar-refractivity contribution is 6.04. The van der Waals surface area contributed by atoms with Crippen LogP contribution in [-0.2, 0) is 0 Å². The molecule has 33 heavy (non-hydrogen) atoms. The summed E-state index contributed by atoms with van der Waals surface area (Å²) in [5.74, 6) is 2.46. The van der Waals surface area contributed by atoms with Crippen LogP contribution >= 0.6 is 0 Å². The van der Waals surface area contributed by atoms with Crippen molar-refractivity contribution in [2.24, 2.45) is 4.99 Å². The predicted octanol–water partition coefficient (Wildman–Crippen LogP) is 4.78. The van der Waals surface area contributed by atoms with Gasteiger partial charge in [0.05, 0.1) is 12.7 Å². The number of piperazine rings is 1. The largest absolute Gasteiger partial charge is 0.497 e.